The maximum Gasteiger partial charge on any atom is 0.162 e. The van der Waals surface area contributed by atoms with Crippen molar-refractivity contribution in [1.29, 1.82) is 0 Å². The fourth-order valence-corrected chi connectivity index (χ4v) is 3.16. The van der Waals surface area contributed by atoms with Crippen LogP contribution in [0.25, 0.3) is 21.3 Å². The Bertz CT molecular complexity index is 955. The number of hydrogen-bond donors (Lipinski definition) is 2. The Morgan fingerprint density at radius 3 is 2.95 bits per heavy atom. The second-order valence-electron chi connectivity index (χ2n) is 4.81. The van der Waals surface area contributed by atoms with E-state index in [9.17, 15) is 0 Å². The Hall–Kier alpha value is -2.54. The minimum atomic E-state index is 0.699. The van der Waals surface area contributed by atoms with Crippen LogP contribution in [-0.2, 0) is 0 Å². The number of aromatic amines is 1. The molecule has 4 aromatic rings. The average molecular weight is 296 g/mol. The summed E-state index contributed by atoms with van der Waals surface area (Å²) in [5.74, 6) is 0.699. The second-order valence-corrected chi connectivity index (χ2v) is 6.04. The molecule has 0 saturated carbocycles. The number of H-pyrrole nitrogens is 1. The number of hydrogen-bond acceptors (Lipinski definition) is 6. The smallest absolute Gasteiger partial charge is 0.162 e. The first-order valence-electron chi connectivity index (χ1n) is 6.50. The Labute approximate surface area is 124 Å². The molecule has 0 fully saturated rings. The van der Waals surface area contributed by atoms with E-state index < -0.39 is 0 Å². The van der Waals surface area contributed by atoms with Gasteiger partial charge in [-0.1, -0.05) is 0 Å². The van der Waals surface area contributed by atoms with Gasteiger partial charge in [0.15, 0.2) is 11.3 Å². The van der Waals surface area contributed by atoms with Gasteiger partial charge in [0.2, 0.25) is 0 Å². The third-order valence-electron chi connectivity index (χ3n) is 3.27. The maximum absolute atomic E-state index is 4.46. The molecule has 0 spiro atoms. The van der Waals surface area contributed by atoms with Crippen LogP contribution in [-0.4, -0.2) is 25.1 Å². The molecule has 4 rings (SSSR count). The van der Waals surface area contributed by atoms with Crippen LogP contribution in [0.1, 0.15) is 10.7 Å². The molecule has 0 atom stereocenters. The summed E-state index contributed by atoms with van der Waals surface area (Å²) >= 11 is 1.68. The number of thiazole rings is 1. The van der Waals surface area contributed by atoms with Gasteiger partial charge >= 0.3 is 0 Å². The first-order valence-corrected chi connectivity index (χ1v) is 7.32. The summed E-state index contributed by atoms with van der Waals surface area (Å²) in [5, 5.41) is 11.6. The minimum absolute atomic E-state index is 0.699. The van der Waals surface area contributed by atoms with Crippen LogP contribution in [0.2, 0.25) is 0 Å². The first kappa shape index (κ1) is 12.2. The molecule has 0 saturated heterocycles. The van der Waals surface area contributed by atoms with E-state index in [2.05, 4.69) is 36.5 Å². The second kappa shape index (κ2) is 4.49. The van der Waals surface area contributed by atoms with Crippen molar-refractivity contribution >= 4 is 44.1 Å². The van der Waals surface area contributed by atoms with Gasteiger partial charge in [0.05, 0.1) is 20.9 Å². The van der Waals surface area contributed by atoms with Crippen molar-refractivity contribution in [3.05, 3.63) is 35.2 Å². The van der Waals surface area contributed by atoms with Crippen molar-refractivity contribution in [2.45, 2.75) is 13.8 Å². The van der Waals surface area contributed by atoms with Crippen molar-refractivity contribution in [2.24, 2.45) is 0 Å². The molecular weight excluding hydrogens is 284 g/mol. The van der Waals surface area contributed by atoms with Gasteiger partial charge in [-0.2, -0.15) is 5.10 Å². The molecule has 0 amide bonds. The number of nitrogens with one attached hydrogen (secondary N) is 2. The number of rotatable bonds is 2. The van der Waals surface area contributed by atoms with Gasteiger partial charge in [0, 0.05) is 5.69 Å². The molecule has 0 aliphatic heterocycles. The van der Waals surface area contributed by atoms with Crippen molar-refractivity contribution < 1.29 is 0 Å². The maximum atomic E-state index is 4.46. The third kappa shape index (κ3) is 2.02. The predicted molar refractivity (Wildman–Crippen MR) is 84.1 cm³/mol. The van der Waals surface area contributed by atoms with E-state index in [4.69, 9.17) is 0 Å². The summed E-state index contributed by atoms with van der Waals surface area (Å²) < 4.78 is 1.15. The molecule has 104 valence electrons. The van der Waals surface area contributed by atoms with E-state index in [0.29, 0.717) is 5.82 Å². The number of nitrogens with zero attached hydrogens (tertiary/aromatic N) is 4. The van der Waals surface area contributed by atoms with Gasteiger partial charge in [-0.25, -0.2) is 15.0 Å². The zero-order chi connectivity index (χ0) is 14.4. The summed E-state index contributed by atoms with van der Waals surface area (Å²) in [5.41, 5.74) is 4.50. The molecule has 0 radical (unpaired) electrons. The van der Waals surface area contributed by atoms with Crippen LogP contribution in [0.5, 0.6) is 0 Å². The van der Waals surface area contributed by atoms with Gasteiger partial charge in [-0.05, 0) is 32.0 Å². The molecule has 3 heterocycles. The highest BCUT2D eigenvalue weighted by molar-refractivity contribution is 7.18. The number of benzene rings is 1. The van der Waals surface area contributed by atoms with Crippen LogP contribution in [0.4, 0.5) is 11.5 Å². The minimum Gasteiger partial charge on any atom is -0.338 e. The zero-order valence-electron chi connectivity index (χ0n) is 11.5. The van der Waals surface area contributed by atoms with E-state index in [-0.39, 0.29) is 0 Å². The number of fused-ring (bicyclic) bond motifs is 2. The Morgan fingerprint density at radius 1 is 1.14 bits per heavy atom. The Kier molecular flexibility index (Phi) is 2.61. The standard InChI is InChI=1S/C14H12N6S/c1-7-12-13(20-19-7)14(16-6-15-12)18-9-3-4-10-11(5-9)21-8(2)17-10/h3-6H,1-2H3,(H,19,20)(H,15,16,18). The average Bonchev–Trinajstić information content (AvgIpc) is 3.02. The Balaban J connectivity index is 1.78. The zero-order valence-corrected chi connectivity index (χ0v) is 12.3. The van der Waals surface area contributed by atoms with Crippen LogP contribution in [0.3, 0.4) is 0 Å². The van der Waals surface area contributed by atoms with Crippen molar-refractivity contribution in [2.75, 3.05) is 5.32 Å². The third-order valence-corrected chi connectivity index (χ3v) is 4.20. The first-order chi connectivity index (χ1) is 10.2. The molecular formula is C14H12N6S. The highest BCUT2D eigenvalue weighted by atomic mass is 32.1. The molecule has 3 aromatic heterocycles. The van der Waals surface area contributed by atoms with Crippen LogP contribution in [0, 0.1) is 13.8 Å². The highest BCUT2D eigenvalue weighted by Gasteiger charge is 2.10. The van der Waals surface area contributed by atoms with E-state index in [0.717, 1.165) is 37.6 Å². The van der Waals surface area contributed by atoms with E-state index in [1.54, 1.807) is 17.7 Å². The lowest BCUT2D eigenvalue weighted by Crippen LogP contribution is -1.95. The molecule has 0 aliphatic rings. The molecule has 6 nitrogen and oxygen atoms in total. The predicted octanol–water partition coefficient (Wildman–Crippen LogP) is 3.32. The van der Waals surface area contributed by atoms with Gasteiger partial charge in [0.25, 0.3) is 0 Å². The molecule has 7 heteroatoms. The molecule has 2 N–H and O–H groups in total. The number of aromatic nitrogens is 5. The van der Waals surface area contributed by atoms with Gasteiger partial charge in [-0.3, -0.25) is 5.10 Å². The summed E-state index contributed by atoms with van der Waals surface area (Å²) in [4.78, 5) is 13.0. The summed E-state index contributed by atoms with van der Waals surface area (Å²) in [7, 11) is 0. The monoisotopic (exact) mass is 296 g/mol. The quantitative estimate of drug-likeness (QED) is 0.593. The number of anilines is 2. The molecule has 21 heavy (non-hydrogen) atoms. The lowest BCUT2D eigenvalue weighted by atomic mass is 10.3. The van der Waals surface area contributed by atoms with Crippen molar-refractivity contribution in [3.63, 3.8) is 0 Å². The van der Waals surface area contributed by atoms with Crippen molar-refractivity contribution in [3.8, 4) is 0 Å². The molecule has 0 aliphatic carbocycles. The highest BCUT2D eigenvalue weighted by Crippen LogP contribution is 2.27. The Morgan fingerprint density at radius 2 is 2.05 bits per heavy atom. The summed E-state index contributed by atoms with van der Waals surface area (Å²) in [6.45, 7) is 3.95. The van der Waals surface area contributed by atoms with Gasteiger partial charge in [0.1, 0.15) is 11.8 Å². The lowest BCUT2D eigenvalue weighted by Gasteiger charge is -2.05. The lowest BCUT2D eigenvalue weighted by molar-refractivity contribution is 1.07. The SMILES string of the molecule is Cc1nc2ccc(Nc3ncnc4c(C)[nH]nc34)cc2s1. The molecule has 1 aromatic carbocycles. The number of aryl methyl sites for hydroxylation is 2. The summed E-state index contributed by atoms with van der Waals surface area (Å²) in [6, 6.07) is 6.08. The van der Waals surface area contributed by atoms with Crippen LogP contribution < -0.4 is 5.32 Å². The van der Waals surface area contributed by atoms with E-state index in [1.165, 1.54) is 0 Å². The van der Waals surface area contributed by atoms with Gasteiger partial charge in [-0.15, -0.1) is 11.3 Å². The summed E-state index contributed by atoms with van der Waals surface area (Å²) in [6.07, 6.45) is 1.54. The molecule has 0 unspecified atom stereocenters. The topological polar surface area (TPSA) is 79.4 Å². The van der Waals surface area contributed by atoms with Crippen LogP contribution in [0.15, 0.2) is 24.5 Å². The van der Waals surface area contributed by atoms with Crippen LogP contribution >= 0.6 is 11.3 Å². The van der Waals surface area contributed by atoms with Gasteiger partial charge < -0.3 is 5.32 Å². The van der Waals surface area contributed by atoms with E-state index >= 15 is 0 Å². The fraction of sp³-hybridized carbons (Fsp3) is 0.143. The molecule has 0 bridgehead atoms. The largest absolute Gasteiger partial charge is 0.338 e. The van der Waals surface area contributed by atoms with E-state index in [1.807, 2.05) is 26.0 Å². The fourth-order valence-electron chi connectivity index (χ4n) is 2.30. The normalized spacial score (nSPS) is 11.3. The van der Waals surface area contributed by atoms with Crippen molar-refractivity contribution in [1.82, 2.24) is 25.1 Å².